The average molecular weight is 403 g/mol. The Morgan fingerprint density at radius 3 is 2.46 bits per heavy atom. The summed E-state index contributed by atoms with van der Waals surface area (Å²) in [5, 5.41) is 11.8. The van der Waals surface area contributed by atoms with Gasteiger partial charge in [0, 0.05) is 18.7 Å². The second-order valence-corrected chi connectivity index (χ2v) is 8.74. The zero-order chi connectivity index (χ0) is 19.5. The van der Waals surface area contributed by atoms with Crippen LogP contribution in [-0.2, 0) is 14.8 Å². The van der Waals surface area contributed by atoms with Crippen molar-refractivity contribution in [1.29, 1.82) is 0 Å². The summed E-state index contributed by atoms with van der Waals surface area (Å²) in [7, 11) is -3.79. The fourth-order valence-corrected chi connectivity index (χ4v) is 4.83. The second-order valence-electron chi connectivity index (χ2n) is 6.43. The van der Waals surface area contributed by atoms with E-state index in [0.717, 1.165) is 12.8 Å². The smallest absolute Gasteiger partial charge is 0.326 e. The summed E-state index contributed by atoms with van der Waals surface area (Å²) in [5.41, 5.74) is 0.0572. The van der Waals surface area contributed by atoms with E-state index in [1.807, 2.05) is 6.92 Å². The van der Waals surface area contributed by atoms with E-state index >= 15 is 0 Å². The third-order valence-electron chi connectivity index (χ3n) is 4.64. The van der Waals surface area contributed by atoms with Crippen LogP contribution in [0.25, 0.3) is 0 Å². The molecule has 9 heteroatoms. The standard InChI is InChI=1S/C17H23ClN2O5S/c1-3-11(2)15(17(22)23)19-16(21)12-6-7-13(18)14(10-12)26(24,25)20-8-4-5-9-20/h6-7,10-11,15H,3-5,8-9H2,1-2H3,(H,19,21)(H,22,23). The maximum absolute atomic E-state index is 12.7. The van der Waals surface area contributed by atoms with Crippen molar-refractivity contribution in [3.05, 3.63) is 28.8 Å². The monoisotopic (exact) mass is 402 g/mol. The van der Waals surface area contributed by atoms with E-state index < -0.39 is 27.9 Å². The van der Waals surface area contributed by atoms with Crippen molar-refractivity contribution in [3.8, 4) is 0 Å². The van der Waals surface area contributed by atoms with Crippen LogP contribution >= 0.6 is 11.6 Å². The van der Waals surface area contributed by atoms with E-state index in [1.165, 1.54) is 22.5 Å². The van der Waals surface area contributed by atoms with E-state index in [1.54, 1.807) is 6.92 Å². The molecule has 1 aliphatic rings. The van der Waals surface area contributed by atoms with Crippen LogP contribution in [0.1, 0.15) is 43.5 Å². The van der Waals surface area contributed by atoms with Crippen molar-refractivity contribution >= 4 is 33.5 Å². The van der Waals surface area contributed by atoms with Crippen molar-refractivity contribution in [1.82, 2.24) is 9.62 Å². The van der Waals surface area contributed by atoms with Crippen LogP contribution in [0.2, 0.25) is 5.02 Å². The average Bonchev–Trinajstić information content (AvgIpc) is 3.14. The number of hydrogen-bond acceptors (Lipinski definition) is 4. The number of nitrogens with zero attached hydrogens (tertiary/aromatic N) is 1. The number of carbonyl (C=O) groups excluding carboxylic acids is 1. The zero-order valence-corrected chi connectivity index (χ0v) is 16.3. The minimum Gasteiger partial charge on any atom is -0.480 e. The Morgan fingerprint density at radius 2 is 1.92 bits per heavy atom. The van der Waals surface area contributed by atoms with Crippen LogP contribution in [0.4, 0.5) is 0 Å². The molecule has 0 aliphatic carbocycles. The second kappa shape index (κ2) is 8.37. The zero-order valence-electron chi connectivity index (χ0n) is 14.7. The van der Waals surface area contributed by atoms with Crippen LogP contribution < -0.4 is 5.32 Å². The lowest BCUT2D eigenvalue weighted by atomic mass is 9.99. The molecule has 1 fully saturated rings. The summed E-state index contributed by atoms with van der Waals surface area (Å²) in [6.45, 7) is 4.40. The molecule has 26 heavy (non-hydrogen) atoms. The van der Waals surface area contributed by atoms with E-state index in [0.29, 0.717) is 19.5 Å². The Bertz CT molecular complexity index is 790. The molecule has 0 aromatic heterocycles. The largest absolute Gasteiger partial charge is 0.480 e. The lowest BCUT2D eigenvalue weighted by Crippen LogP contribution is -2.45. The Morgan fingerprint density at radius 1 is 1.31 bits per heavy atom. The van der Waals surface area contributed by atoms with Crippen molar-refractivity contribution in [3.63, 3.8) is 0 Å². The molecule has 7 nitrogen and oxygen atoms in total. The molecule has 2 rings (SSSR count). The van der Waals surface area contributed by atoms with Gasteiger partial charge in [0.1, 0.15) is 10.9 Å². The van der Waals surface area contributed by atoms with Gasteiger partial charge in [0.05, 0.1) is 5.02 Å². The summed E-state index contributed by atoms with van der Waals surface area (Å²) in [6.07, 6.45) is 2.14. The summed E-state index contributed by atoms with van der Waals surface area (Å²) >= 11 is 6.06. The molecular weight excluding hydrogens is 380 g/mol. The number of rotatable bonds is 7. The number of amides is 1. The van der Waals surface area contributed by atoms with Gasteiger partial charge in [0.15, 0.2) is 0 Å². The summed E-state index contributed by atoms with van der Waals surface area (Å²) < 4.78 is 26.8. The Labute approximate surface area is 158 Å². The molecule has 0 bridgehead atoms. The highest BCUT2D eigenvalue weighted by Crippen LogP contribution is 2.28. The molecule has 2 atom stereocenters. The van der Waals surface area contributed by atoms with Gasteiger partial charge in [-0.1, -0.05) is 31.9 Å². The number of carboxylic acid groups (broad SMARTS) is 1. The fraction of sp³-hybridized carbons (Fsp3) is 0.529. The molecule has 1 amide bonds. The Kier molecular flexibility index (Phi) is 6.65. The van der Waals surface area contributed by atoms with E-state index in [2.05, 4.69) is 5.32 Å². The van der Waals surface area contributed by atoms with Crippen molar-refractivity contribution in [2.24, 2.45) is 5.92 Å². The highest BCUT2D eigenvalue weighted by molar-refractivity contribution is 7.89. The van der Waals surface area contributed by atoms with E-state index in [4.69, 9.17) is 11.6 Å². The molecule has 1 heterocycles. The number of halogens is 1. The first-order valence-corrected chi connectivity index (χ1v) is 10.3. The maximum atomic E-state index is 12.7. The maximum Gasteiger partial charge on any atom is 0.326 e. The predicted octanol–water partition coefficient (Wildman–Crippen LogP) is 2.35. The lowest BCUT2D eigenvalue weighted by molar-refractivity contribution is -0.140. The lowest BCUT2D eigenvalue weighted by Gasteiger charge is -2.21. The quantitative estimate of drug-likeness (QED) is 0.728. The van der Waals surface area contributed by atoms with Gasteiger partial charge in [-0.15, -0.1) is 0 Å². The summed E-state index contributed by atoms with van der Waals surface area (Å²) in [6, 6.07) is 2.89. The van der Waals surface area contributed by atoms with E-state index in [9.17, 15) is 23.1 Å². The van der Waals surface area contributed by atoms with Crippen LogP contribution in [0.15, 0.2) is 23.1 Å². The van der Waals surface area contributed by atoms with Crippen molar-refractivity contribution < 1.29 is 23.1 Å². The Hall–Kier alpha value is -1.64. The summed E-state index contributed by atoms with van der Waals surface area (Å²) in [4.78, 5) is 23.7. The number of benzene rings is 1. The van der Waals surface area contributed by atoms with E-state index in [-0.39, 0.29) is 21.4 Å². The number of carbonyl (C=O) groups is 2. The third kappa shape index (κ3) is 4.36. The minimum atomic E-state index is -3.79. The van der Waals surface area contributed by atoms with Gasteiger partial charge < -0.3 is 10.4 Å². The van der Waals surface area contributed by atoms with Gasteiger partial charge >= 0.3 is 5.97 Å². The molecular formula is C17H23ClN2O5S. The number of sulfonamides is 1. The van der Waals surface area contributed by atoms with Crippen molar-refractivity contribution in [2.45, 2.75) is 44.0 Å². The van der Waals surface area contributed by atoms with Crippen LogP contribution in [0.5, 0.6) is 0 Å². The topological polar surface area (TPSA) is 104 Å². The summed E-state index contributed by atoms with van der Waals surface area (Å²) in [5.74, 6) is -2.05. The molecule has 2 unspecified atom stereocenters. The van der Waals surface area contributed by atoms with Crippen LogP contribution in [0, 0.1) is 5.92 Å². The number of aliphatic carboxylic acids is 1. The van der Waals surface area contributed by atoms with Gasteiger partial charge in [0.2, 0.25) is 10.0 Å². The van der Waals surface area contributed by atoms with Gasteiger partial charge in [-0.2, -0.15) is 4.31 Å². The van der Waals surface area contributed by atoms with Gasteiger partial charge in [-0.25, -0.2) is 13.2 Å². The molecule has 0 spiro atoms. The molecule has 1 aromatic rings. The van der Waals surface area contributed by atoms with Gasteiger partial charge in [0.25, 0.3) is 5.91 Å². The van der Waals surface area contributed by atoms with Crippen LogP contribution in [0.3, 0.4) is 0 Å². The third-order valence-corrected chi connectivity index (χ3v) is 7.02. The predicted molar refractivity (Wildman–Crippen MR) is 97.8 cm³/mol. The number of nitrogens with one attached hydrogen (secondary N) is 1. The highest BCUT2D eigenvalue weighted by atomic mass is 35.5. The first-order valence-electron chi connectivity index (χ1n) is 8.51. The van der Waals surface area contributed by atoms with Gasteiger partial charge in [-0.3, -0.25) is 4.79 Å². The molecule has 1 aromatic carbocycles. The van der Waals surface area contributed by atoms with Gasteiger partial charge in [-0.05, 0) is 37.0 Å². The first-order chi connectivity index (χ1) is 12.2. The molecule has 1 saturated heterocycles. The normalized spacial score (nSPS) is 17.7. The molecule has 144 valence electrons. The van der Waals surface area contributed by atoms with Crippen LogP contribution in [-0.4, -0.2) is 48.8 Å². The minimum absolute atomic E-state index is 0.0326. The fourth-order valence-electron chi connectivity index (χ4n) is 2.82. The first kappa shape index (κ1) is 20.7. The molecule has 2 N–H and O–H groups in total. The Balaban J connectivity index is 2.31. The van der Waals surface area contributed by atoms with Crippen molar-refractivity contribution in [2.75, 3.05) is 13.1 Å². The highest BCUT2D eigenvalue weighted by Gasteiger charge is 2.31. The molecule has 1 aliphatic heterocycles. The number of carboxylic acids is 1. The molecule has 0 saturated carbocycles. The number of hydrogen-bond donors (Lipinski definition) is 2. The molecule has 0 radical (unpaired) electrons. The SMILES string of the molecule is CCC(C)C(NC(=O)c1ccc(Cl)c(S(=O)(=O)N2CCCC2)c1)C(=O)O.